The molecule has 2 aromatic heterocycles. The Morgan fingerprint density at radius 3 is 2.79 bits per heavy atom. The number of thiazole rings is 1. The fourth-order valence-electron chi connectivity index (χ4n) is 1.50. The number of nitrogens with zero attached hydrogens (tertiary/aromatic N) is 4. The van der Waals surface area contributed by atoms with Gasteiger partial charge >= 0.3 is 5.69 Å². The average molecular weight is 280 g/mol. The van der Waals surface area contributed by atoms with Gasteiger partial charge in [-0.3, -0.25) is 10.1 Å². The van der Waals surface area contributed by atoms with E-state index in [-0.39, 0.29) is 17.5 Å². The molecule has 0 amide bonds. The summed E-state index contributed by atoms with van der Waals surface area (Å²) < 4.78 is 0. The van der Waals surface area contributed by atoms with Crippen LogP contribution in [0.1, 0.15) is 18.9 Å². The van der Waals surface area contributed by atoms with E-state index in [0.717, 1.165) is 11.2 Å². The summed E-state index contributed by atoms with van der Waals surface area (Å²) in [5, 5.41) is 16.5. The standard InChI is InChI=1S/C10H12N6O2S/c1-10(2,8-12-3-4-19-8)15-7-6(16(17)18)5-13-9(11)14-7/h3-5H,1-2H3,(H3,11,13,14,15). The molecule has 0 fully saturated rings. The summed E-state index contributed by atoms with van der Waals surface area (Å²) >= 11 is 1.45. The Balaban J connectivity index is 2.38. The van der Waals surface area contributed by atoms with Crippen LogP contribution in [0.2, 0.25) is 0 Å². The van der Waals surface area contributed by atoms with E-state index in [4.69, 9.17) is 5.73 Å². The molecule has 2 rings (SSSR count). The molecule has 0 aromatic carbocycles. The van der Waals surface area contributed by atoms with Gasteiger partial charge in [-0.05, 0) is 13.8 Å². The van der Waals surface area contributed by atoms with Crippen molar-refractivity contribution in [3.8, 4) is 0 Å². The summed E-state index contributed by atoms with van der Waals surface area (Å²) in [6.45, 7) is 3.71. The molecule has 8 nitrogen and oxygen atoms in total. The van der Waals surface area contributed by atoms with Crippen molar-refractivity contribution in [3.63, 3.8) is 0 Å². The van der Waals surface area contributed by atoms with Crippen LogP contribution in [0.4, 0.5) is 17.5 Å². The smallest absolute Gasteiger partial charge is 0.329 e. The Hall–Kier alpha value is -2.29. The molecule has 0 atom stereocenters. The molecular weight excluding hydrogens is 268 g/mol. The second-order valence-electron chi connectivity index (χ2n) is 4.31. The second-order valence-corrected chi connectivity index (χ2v) is 5.20. The van der Waals surface area contributed by atoms with E-state index in [9.17, 15) is 10.1 Å². The molecule has 19 heavy (non-hydrogen) atoms. The first-order valence-corrected chi connectivity index (χ1v) is 6.23. The van der Waals surface area contributed by atoms with Gasteiger partial charge < -0.3 is 11.1 Å². The number of nitrogen functional groups attached to an aromatic ring is 1. The third-order valence-corrected chi connectivity index (χ3v) is 3.48. The fourth-order valence-corrected chi connectivity index (χ4v) is 2.21. The lowest BCUT2D eigenvalue weighted by atomic mass is 10.1. The van der Waals surface area contributed by atoms with Gasteiger partial charge in [0.2, 0.25) is 11.8 Å². The highest BCUT2D eigenvalue weighted by molar-refractivity contribution is 7.09. The Morgan fingerprint density at radius 2 is 2.21 bits per heavy atom. The first kappa shape index (κ1) is 13.1. The minimum atomic E-state index is -0.598. The van der Waals surface area contributed by atoms with Gasteiger partial charge in [0.25, 0.3) is 0 Å². The maximum absolute atomic E-state index is 10.9. The highest BCUT2D eigenvalue weighted by Crippen LogP contribution is 2.30. The summed E-state index contributed by atoms with van der Waals surface area (Å²) in [7, 11) is 0. The lowest BCUT2D eigenvalue weighted by Gasteiger charge is -2.24. The van der Waals surface area contributed by atoms with Gasteiger partial charge in [-0.25, -0.2) is 9.97 Å². The summed E-state index contributed by atoms with van der Waals surface area (Å²) in [5.41, 5.74) is 4.65. The molecule has 0 bridgehead atoms. The van der Waals surface area contributed by atoms with Crippen LogP contribution in [0.5, 0.6) is 0 Å². The molecule has 0 saturated heterocycles. The van der Waals surface area contributed by atoms with Crippen molar-refractivity contribution in [2.75, 3.05) is 11.1 Å². The molecule has 0 unspecified atom stereocenters. The number of hydrogen-bond acceptors (Lipinski definition) is 8. The van der Waals surface area contributed by atoms with Gasteiger partial charge in [-0.2, -0.15) is 4.98 Å². The lowest BCUT2D eigenvalue weighted by Crippen LogP contribution is -2.29. The van der Waals surface area contributed by atoms with E-state index in [2.05, 4.69) is 20.3 Å². The van der Waals surface area contributed by atoms with E-state index >= 15 is 0 Å². The quantitative estimate of drug-likeness (QED) is 0.646. The third kappa shape index (κ3) is 2.76. The summed E-state index contributed by atoms with van der Waals surface area (Å²) in [6, 6.07) is 0. The monoisotopic (exact) mass is 280 g/mol. The van der Waals surface area contributed by atoms with E-state index in [1.54, 1.807) is 6.20 Å². The largest absolute Gasteiger partial charge is 0.368 e. The van der Waals surface area contributed by atoms with Crippen molar-refractivity contribution in [1.29, 1.82) is 0 Å². The van der Waals surface area contributed by atoms with Crippen molar-refractivity contribution in [1.82, 2.24) is 15.0 Å². The molecule has 3 N–H and O–H groups in total. The Labute approximate surface area is 112 Å². The zero-order valence-corrected chi connectivity index (χ0v) is 11.1. The molecule has 0 aliphatic rings. The summed E-state index contributed by atoms with van der Waals surface area (Å²) in [6.07, 6.45) is 2.76. The minimum Gasteiger partial charge on any atom is -0.368 e. The van der Waals surface area contributed by atoms with E-state index < -0.39 is 10.5 Å². The second kappa shape index (κ2) is 4.76. The van der Waals surface area contributed by atoms with Gasteiger partial charge in [-0.1, -0.05) is 0 Å². The maximum atomic E-state index is 10.9. The van der Waals surface area contributed by atoms with Crippen LogP contribution in [0.25, 0.3) is 0 Å². The molecule has 9 heteroatoms. The van der Waals surface area contributed by atoms with Crippen molar-refractivity contribution < 1.29 is 4.92 Å². The summed E-state index contributed by atoms with van der Waals surface area (Å²) in [4.78, 5) is 22.1. The van der Waals surface area contributed by atoms with E-state index in [1.165, 1.54) is 11.3 Å². The lowest BCUT2D eigenvalue weighted by molar-refractivity contribution is -0.384. The molecule has 0 spiro atoms. The predicted octanol–water partition coefficient (Wildman–Crippen LogP) is 1.77. The van der Waals surface area contributed by atoms with Gasteiger partial charge in [0.15, 0.2) is 0 Å². The number of nitrogens with one attached hydrogen (secondary N) is 1. The van der Waals surface area contributed by atoms with Crippen LogP contribution < -0.4 is 11.1 Å². The van der Waals surface area contributed by atoms with E-state index in [1.807, 2.05) is 19.2 Å². The first-order valence-electron chi connectivity index (χ1n) is 5.35. The SMILES string of the molecule is CC(C)(Nc1nc(N)ncc1[N+](=O)[O-])c1nccs1. The number of anilines is 2. The Bertz CT molecular complexity index is 598. The van der Waals surface area contributed by atoms with Gasteiger partial charge in [0.1, 0.15) is 11.2 Å². The number of rotatable bonds is 4. The summed E-state index contributed by atoms with van der Waals surface area (Å²) in [5.74, 6) is 0.0562. The number of nitrogens with two attached hydrogens (primary N) is 1. The van der Waals surface area contributed by atoms with Gasteiger partial charge in [0, 0.05) is 11.6 Å². The highest BCUT2D eigenvalue weighted by atomic mass is 32.1. The van der Waals surface area contributed by atoms with Gasteiger partial charge in [-0.15, -0.1) is 11.3 Å². The molecule has 0 saturated carbocycles. The Kier molecular flexibility index (Phi) is 3.30. The molecule has 2 aromatic rings. The van der Waals surface area contributed by atoms with Crippen LogP contribution in [-0.4, -0.2) is 19.9 Å². The molecule has 2 heterocycles. The van der Waals surface area contributed by atoms with Crippen LogP contribution >= 0.6 is 11.3 Å². The van der Waals surface area contributed by atoms with Crippen LogP contribution in [0.15, 0.2) is 17.8 Å². The molecular formula is C10H12N6O2S. The number of aromatic nitrogens is 3. The van der Waals surface area contributed by atoms with Crippen LogP contribution in [-0.2, 0) is 5.54 Å². The number of nitro groups is 1. The van der Waals surface area contributed by atoms with Gasteiger partial charge in [0.05, 0.1) is 10.5 Å². The fraction of sp³-hybridized carbons (Fsp3) is 0.300. The first-order chi connectivity index (χ1) is 8.90. The number of hydrogen-bond donors (Lipinski definition) is 2. The van der Waals surface area contributed by atoms with Crippen molar-refractivity contribution in [3.05, 3.63) is 32.9 Å². The average Bonchev–Trinajstić information content (AvgIpc) is 2.81. The molecule has 0 aliphatic heterocycles. The van der Waals surface area contributed by atoms with Crippen LogP contribution in [0, 0.1) is 10.1 Å². The third-order valence-electron chi connectivity index (χ3n) is 2.38. The zero-order chi connectivity index (χ0) is 14.0. The molecule has 100 valence electrons. The zero-order valence-electron chi connectivity index (χ0n) is 10.3. The molecule has 0 radical (unpaired) electrons. The van der Waals surface area contributed by atoms with Crippen molar-refractivity contribution in [2.24, 2.45) is 0 Å². The highest BCUT2D eigenvalue weighted by Gasteiger charge is 2.28. The van der Waals surface area contributed by atoms with E-state index in [0.29, 0.717) is 0 Å². The van der Waals surface area contributed by atoms with Crippen LogP contribution in [0.3, 0.4) is 0 Å². The maximum Gasteiger partial charge on any atom is 0.329 e. The Morgan fingerprint density at radius 1 is 1.47 bits per heavy atom. The van der Waals surface area contributed by atoms with Crippen molar-refractivity contribution in [2.45, 2.75) is 19.4 Å². The topological polar surface area (TPSA) is 120 Å². The normalized spacial score (nSPS) is 11.3. The predicted molar refractivity (Wildman–Crippen MR) is 71.9 cm³/mol. The van der Waals surface area contributed by atoms with Crippen molar-refractivity contribution >= 4 is 28.8 Å². The molecule has 0 aliphatic carbocycles. The minimum absolute atomic E-state index is 0.0250.